The van der Waals surface area contributed by atoms with Crippen LogP contribution in [0.5, 0.6) is 5.75 Å². The molecule has 0 amide bonds. The minimum atomic E-state index is 0.0628. The van der Waals surface area contributed by atoms with Gasteiger partial charge in [-0.1, -0.05) is 30.0 Å². The van der Waals surface area contributed by atoms with Gasteiger partial charge in [0.15, 0.2) is 0 Å². The van der Waals surface area contributed by atoms with Crippen LogP contribution in [0, 0.1) is 11.8 Å². The van der Waals surface area contributed by atoms with Crippen molar-refractivity contribution in [1.29, 1.82) is 0 Å². The second-order valence-electron chi connectivity index (χ2n) is 5.12. The predicted molar refractivity (Wildman–Crippen MR) is 94.8 cm³/mol. The topological polar surface area (TPSA) is 124 Å². The van der Waals surface area contributed by atoms with Gasteiger partial charge in [0.05, 0.1) is 11.3 Å². The molecule has 0 atom stereocenters. The number of hydrogen-bond donors (Lipinski definition) is 4. The van der Waals surface area contributed by atoms with Crippen molar-refractivity contribution in [2.24, 2.45) is 0 Å². The Kier molecular flexibility index (Phi) is 3.91. The van der Waals surface area contributed by atoms with E-state index in [1.54, 1.807) is 36.4 Å². The number of rotatable bonds is 1. The van der Waals surface area contributed by atoms with Gasteiger partial charge < -0.3 is 22.3 Å². The van der Waals surface area contributed by atoms with Crippen LogP contribution in [-0.4, -0.2) is 15.1 Å². The SMILES string of the molecule is Nc1cccc(-c2nc(N)nc(N)c2C#Cc2cccc(O)c2)c1. The number of aromatic nitrogens is 2. The zero-order valence-corrected chi connectivity index (χ0v) is 12.7. The van der Waals surface area contributed by atoms with Crippen LogP contribution in [-0.2, 0) is 0 Å². The van der Waals surface area contributed by atoms with Crippen LogP contribution < -0.4 is 17.2 Å². The van der Waals surface area contributed by atoms with E-state index in [0.717, 1.165) is 5.56 Å². The fraction of sp³-hybridized carbons (Fsp3) is 0. The molecule has 0 saturated heterocycles. The molecule has 0 aliphatic heterocycles. The van der Waals surface area contributed by atoms with Crippen molar-refractivity contribution in [3.05, 3.63) is 59.7 Å². The first-order chi connectivity index (χ1) is 11.5. The molecule has 1 aromatic heterocycles. The van der Waals surface area contributed by atoms with E-state index in [9.17, 15) is 5.11 Å². The maximum absolute atomic E-state index is 9.52. The van der Waals surface area contributed by atoms with Crippen molar-refractivity contribution in [2.75, 3.05) is 17.2 Å². The standard InChI is InChI=1S/C18H15N5O/c19-13-5-2-4-12(10-13)16-15(17(20)23-18(21)22-16)8-7-11-3-1-6-14(24)9-11/h1-6,9-10,24H,19H2,(H4,20,21,22,23). The van der Waals surface area contributed by atoms with Crippen molar-refractivity contribution in [2.45, 2.75) is 0 Å². The maximum Gasteiger partial charge on any atom is 0.222 e. The Balaban J connectivity index is 2.15. The van der Waals surface area contributed by atoms with E-state index in [4.69, 9.17) is 17.2 Å². The third-order valence-electron chi connectivity index (χ3n) is 3.29. The molecule has 2 aromatic carbocycles. The van der Waals surface area contributed by atoms with E-state index in [0.29, 0.717) is 22.5 Å². The Hall–Kier alpha value is -3.72. The van der Waals surface area contributed by atoms with E-state index < -0.39 is 0 Å². The molecular weight excluding hydrogens is 302 g/mol. The Morgan fingerprint density at radius 2 is 1.67 bits per heavy atom. The van der Waals surface area contributed by atoms with Gasteiger partial charge in [-0.2, -0.15) is 4.98 Å². The van der Waals surface area contributed by atoms with Crippen LogP contribution in [0.4, 0.5) is 17.5 Å². The molecular formula is C18H15N5O. The van der Waals surface area contributed by atoms with E-state index in [1.807, 2.05) is 12.1 Å². The van der Waals surface area contributed by atoms with Crippen molar-refractivity contribution in [1.82, 2.24) is 9.97 Å². The van der Waals surface area contributed by atoms with Crippen LogP contribution in [0.25, 0.3) is 11.3 Å². The number of nitrogens with zero attached hydrogens (tertiary/aromatic N) is 2. The Bertz CT molecular complexity index is 973. The van der Waals surface area contributed by atoms with Gasteiger partial charge in [0, 0.05) is 16.8 Å². The molecule has 24 heavy (non-hydrogen) atoms. The highest BCUT2D eigenvalue weighted by Gasteiger charge is 2.12. The summed E-state index contributed by atoms with van der Waals surface area (Å²) in [5.74, 6) is 6.30. The van der Waals surface area contributed by atoms with E-state index in [1.165, 1.54) is 0 Å². The van der Waals surface area contributed by atoms with Gasteiger partial charge in [0.2, 0.25) is 5.95 Å². The van der Waals surface area contributed by atoms with Crippen molar-refractivity contribution < 1.29 is 5.11 Å². The van der Waals surface area contributed by atoms with Gasteiger partial charge in [-0.05, 0) is 30.3 Å². The molecule has 3 aromatic rings. The molecule has 0 radical (unpaired) electrons. The fourth-order valence-electron chi connectivity index (χ4n) is 2.23. The summed E-state index contributed by atoms with van der Waals surface area (Å²) in [6.45, 7) is 0. The van der Waals surface area contributed by atoms with Gasteiger partial charge in [0.1, 0.15) is 11.6 Å². The highest BCUT2D eigenvalue weighted by molar-refractivity contribution is 5.76. The first-order valence-electron chi connectivity index (χ1n) is 7.13. The van der Waals surface area contributed by atoms with Crippen molar-refractivity contribution in [3.63, 3.8) is 0 Å². The quantitative estimate of drug-likeness (QED) is 0.402. The molecule has 0 aliphatic carbocycles. The largest absolute Gasteiger partial charge is 0.508 e. The maximum atomic E-state index is 9.52. The highest BCUT2D eigenvalue weighted by atomic mass is 16.3. The number of nitrogen functional groups attached to an aromatic ring is 3. The van der Waals surface area contributed by atoms with Crippen molar-refractivity contribution >= 4 is 17.5 Å². The lowest BCUT2D eigenvalue weighted by molar-refractivity contribution is 0.475. The van der Waals surface area contributed by atoms with Crippen LogP contribution in [0.15, 0.2) is 48.5 Å². The lowest BCUT2D eigenvalue weighted by atomic mass is 10.1. The molecule has 6 heteroatoms. The molecule has 7 N–H and O–H groups in total. The summed E-state index contributed by atoms with van der Waals surface area (Å²) in [6, 6.07) is 13.8. The summed E-state index contributed by atoms with van der Waals surface area (Å²) in [6.07, 6.45) is 0. The number of benzene rings is 2. The fourth-order valence-corrected chi connectivity index (χ4v) is 2.23. The molecule has 0 unspecified atom stereocenters. The minimum Gasteiger partial charge on any atom is -0.508 e. The molecule has 0 fully saturated rings. The number of anilines is 3. The van der Waals surface area contributed by atoms with Gasteiger partial charge in [-0.15, -0.1) is 0 Å². The van der Waals surface area contributed by atoms with Gasteiger partial charge in [-0.25, -0.2) is 4.98 Å². The summed E-state index contributed by atoms with van der Waals surface area (Å²) in [5, 5.41) is 9.52. The van der Waals surface area contributed by atoms with Crippen molar-refractivity contribution in [3.8, 4) is 28.8 Å². The average molecular weight is 317 g/mol. The minimum absolute atomic E-state index is 0.0628. The monoisotopic (exact) mass is 317 g/mol. The summed E-state index contributed by atoms with van der Waals surface area (Å²) in [4.78, 5) is 8.23. The first kappa shape index (κ1) is 15.2. The molecule has 3 rings (SSSR count). The lowest BCUT2D eigenvalue weighted by Crippen LogP contribution is -2.05. The normalized spacial score (nSPS) is 10.0. The summed E-state index contributed by atoms with van der Waals surface area (Å²) in [7, 11) is 0. The third-order valence-corrected chi connectivity index (χ3v) is 3.29. The predicted octanol–water partition coefficient (Wildman–Crippen LogP) is 2.00. The zero-order chi connectivity index (χ0) is 17.1. The second kappa shape index (κ2) is 6.18. The molecule has 1 heterocycles. The number of hydrogen-bond acceptors (Lipinski definition) is 6. The lowest BCUT2D eigenvalue weighted by Gasteiger charge is -2.08. The van der Waals surface area contributed by atoms with Gasteiger partial charge in [-0.3, -0.25) is 0 Å². The molecule has 0 bridgehead atoms. The number of aromatic hydroxyl groups is 1. The second-order valence-corrected chi connectivity index (χ2v) is 5.12. The average Bonchev–Trinajstić information content (AvgIpc) is 2.53. The Labute approximate surface area is 139 Å². The third kappa shape index (κ3) is 3.20. The van der Waals surface area contributed by atoms with E-state index in [-0.39, 0.29) is 17.5 Å². The first-order valence-corrected chi connectivity index (χ1v) is 7.13. The molecule has 0 aliphatic rings. The van der Waals surface area contributed by atoms with Crippen LogP contribution in [0.1, 0.15) is 11.1 Å². The Morgan fingerprint density at radius 1 is 0.875 bits per heavy atom. The van der Waals surface area contributed by atoms with Gasteiger partial charge in [0.25, 0.3) is 0 Å². The Morgan fingerprint density at radius 3 is 2.42 bits per heavy atom. The molecule has 118 valence electrons. The summed E-state index contributed by atoms with van der Waals surface area (Å²) < 4.78 is 0. The van der Waals surface area contributed by atoms with Crippen LogP contribution in [0.2, 0.25) is 0 Å². The van der Waals surface area contributed by atoms with Crippen LogP contribution in [0.3, 0.4) is 0 Å². The molecule has 0 spiro atoms. The van der Waals surface area contributed by atoms with E-state index >= 15 is 0 Å². The number of nitrogens with two attached hydrogens (primary N) is 3. The molecule has 6 nitrogen and oxygen atoms in total. The van der Waals surface area contributed by atoms with Gasteiger partial charge >= 0.3 is 0 Å². The number of phenolic OH excluding ortho intramolecular Hbond substituents is 1. The van der Waals surface area contributed by atoms with Crippen LogP contribution >= 0.6 is 0 Å². The summed E-state index contributed by atoms with van der Waals surface area (Å²) in [5.41, 5.74) is 20.5. The zero-order valence-electron chi connectivity index (χ0n) is 12.7. The smallest absolute Gasteiger partial charge is 0.222 e. The highest BCUT2D eigenvalue weighted by Crippen LogP contribution is 2.26. The van der Waals surface area contributed by atoms with E-state index in [2.05, 4.69) is 21.8 Å². The molecule has 0 saturated carbocycles. The number of phenols is 1. The summed E-state index contributed by atoms with van der Waals surface area (Å²) >= 11 is 0.